The molecule has 106 valence electrons. The Balaban J connectivity index is 3.70. The lowest BCUT2D eigenvalue weighted by Gasteiger charge is -2.25. The van der Waals surface area contributed by atoms with E-state index in [0.717, 1.165) is 51.2 Å². The summed E-state index contributed by atoms with van der Waals surface area (Å²) in [5.74, 6) is -0.0821. The van der Waals surface area contributed by atoms with Gasteiger partial charge < -0.3 is 9.53 Å². The summed E-state index contributed by atoms with van der Waals surface area (Å²) in [6, 6.07) is 0. The molecule has 0 amide bonds. The third kappa shape index (κ3) is 10.3. The number of carbonyl (C=O) groups excluding carboxylic acids is 2. The summed E-state index contributed by atoms with van der Waals surface area (Å²) in [7, 11) is 0. The van der Waals surface area contributed by atoms with E-state index in [9.17, 15) is 9.59 Å². The maximum absolute atomic E-state index is 11.6. The van der Waals surface area contributed by atoms with Gasteiger partial charge in [-0.25, -0.2) is 0 Å². The van der Waals surface area contributed by atoms with Crippen LogP contribution in [-0.4, -0.2) is 17.9 Å². The Hall–Kier alpha value is -0.860. The second kappa shape index (κ2) is 10.1. The molecule has 0 radical (unpaired) electrons. The summed E-state index contributed by atoms with van der Waals surface area (Å²) in [5, 5.41) is 0. The van der Waals surface area contributed by atoms with Crippen LogP contribution in [-0.2, 0) is 14.3 Å². The molecule has 0 aromatic carbocycles. The molecule has 0 aromatic heterocycles. The molecule has 0 aliphatic rings. The highest BCUT2D eigenvalue weighted by molar-refractivity contribution is 5.69. The van der Waals surface area contributed by atoms with Gasteiger partial charge in [0.1, 0.15) is 11.9 Å². The van der Waals surface area contributed by atoms with Gasteiger partial charge in [-0.05, 0) is 39.5 Å². The van der Waals surface area contributed by atoms with E-state index in [4.69, 9.17) is 4.74 Å². The topological polar surface area (TPSA) is 43.4 Å². The maximum atomic E-state index is 11.6. The van der Waals surface area contributed by atoms with E-state index in [0.29, 0.717) is 12.8 Å². The fraction of sp³-hybridized carbons (Fsp3) is 0.867. The van der Waals surface area contributed by atoms with Crippen LogP contribution >= 0.6 is 0 Å². The Bertz CT molecular complexity index is 234. The standard InChI is InChI=1S/C15H28O3/c1-4-5-8-11-14(17)18-15(2,3)12-9-6-7-10-13-16/h13H,4-12H2,1-3H3. The van der Waals surface area contributed by atoms with Crippen LogP contribution in [0.4, 0.5) is 0 Å². The van der Waals surface area contributed by atoms with Crippen molar-refractivity contribution in [2.45, 2.75) is 84.2 Å². The zero-order valence-corrected chi connectivity index (χ0v) is 12.2. The fourth-order valence-corrected chi connectivity index (χ4v) is 1.88. The second-order valence-corrected chi connectivity index (χ2v) is 5.46. The van der Waals surface area contributed by atoms with Crippen molar-refractivity contribution < 1.29 is 14.3 Å². The van der Waals surface area contributed by atoms with Crippen molar-refractivity contribution >= 4 is 12.3 Å². The minimum Gasteiger partial charge on any atom is -0.460 e. The van der Waals surface area contributed by atoms with Gasteiger partial charge in [0, 0.05) is 12.8 Å². The summed E-state index contributed by atoms with van der Waals surface area (Å²) in [4.78, 5) is 21.8. The van der Waals surface area contributed by atoms with Crippen molar-refractivity contribution in [2.75, 3.05) is 0 Å². The number of esters is 1. The Kier molecular flexibility index (Phi) is 9.62. The highest BCUT2D eigenvalue weighted by Gasteiger charge is 2.21. The van der Waals surface area contributed by atoms with Crippen molar-refractivity contribution in [1.82, 2.24) is 0 Å². The molecule has 0 saturated carbocycles. The first kappa shape index (κ1) is 17.1. The van der Waals surface area contributed by atoms with E-state index in [1.54, 1.807) is 0 Å². The van der Waals surface area contributed by atoms with Gasteiger partial charge in [-0.1, -0.05) is 26.2 Å². The molecule has 0 aromatic rings. The highest BCUT2D eigenvalue weighted by Crippen LogP contribution is 2.20. The Morgan fingerprint density at radius 3 is 2.44 bits per heavy atom. The van der Waals surface area contributed by atoms with Gasteiger partial charge in [0.15, 0.2) is 0 Å². The minimum atomic E-state index is -0.371. The Morgan fingerprint density at radius 1 is 1.11 bits per heavy atom. The van der Waals surface area contributed by atoms with Crippen molar-refractivity contribution in [3.63, 3.8) is 0 Å². The molecule has 0 saturated heterocycles. The van der Waals surface area contributed by atoms with Crippen LogP contribution in [0.3, 0.4) is 0 Å². The molecule has 3 heteroatoms. The quantitative estimate of drug-likeness (QED) is 0.318. The summed E-state index contributed by atoms with van der Waals surface area (Å²) < 4.78 is 5.48. The van der Waals surface area contributed by atoms with E-state index >= 15 is 0 Å². The van der Waals surface area contributed by atoms with Gasteiger partial charge in [0.05, 0.1) is 0 Å². The first-order valence-corrected chi connectivity index (χ1v) is 7.17. The van der Waals surface area contributed by atoms with Crippen molar-refractivity contribution in [3.8, 4) is 0 Å². The lowest BCUT2D eigenvalue weighted by Crippen LogP contribution is -2.27. The third-order valence-electron chi connectivity index (χ3n) is 2.98. The molecule has 0 rings (SSSR count). The maximum Gasteiger partial charge on any atom is 0.306 e. The largest absolute Gasteiger partial charge is 0.460 e. The lowest BCUT2D eigenvalue weighted by molar-refractivity contribution is -0.157. The molecule has 0 aliphatic carbocycles. The first-order valence-electron chi connectivity index (χ1n) is 7.17. The molecular formula is C15H28O3. The number of unbranched alkanes of at least 4 members (excludes halogenated alkanes) is 5. The summed E-state index contributed by atoms with van der Waals surface area (Å²) in [6.45, 7) is 6.05. The van der Waals surface area contributed by atoms with Crippen LogP contribution in [0.5, 0.6) is 0 Å². The van der Waals surface area contributed by atoms with Crippen LogP contribution in [0.15, 0.2) is 0 Å². The van der Waals surface area contributed by atoms with Crippen LogP contribution in [0, 0.1) is 0 Å². The van der Waals surface area contributed by atoms with Crippen molar-refractivity contribution in [1.29, 1.82) is 0 Å². The van der Waals surface area contributed by atoms with Crippen LogP contribution in [0.25, 0.3) is 0 Å². The number of aldehydes is 1. The van der Waals surface area contributed by atoms with E-state index in [1.807, 2.05) is 13.8 Å². The number of ether oxygens (including phenoxy) is 1. The first-order chi connectivity index (χ1) is 8.52. The molecule has 0 heterocycles. The molecule has 0 unspecified atom stereocenters. The Morgan fingerprint density at radius 2 is 1.83 bits per heavy atom. The number of carbonyl (C=O) groups is 2. The molecule has 3 nitrogen and oxygen atoms in total. The van der Waals surface area contributed by atoms with Gasteiger partial charge in [0.2, 0.25) is 0 Å². The van der Waals surface area contributed by atoms with Crippen molar-refractivity contribution in [3.05, 3.63) is 0 Å². The normalized spacial score (nSPS) is 11.3. The van der Waals surface area contributed by atoms with E-state index in [-0.39, 0.29) is 11.6 Å². The minimum absolute atomic E-state index is 0.0821. The fourth-order valence-electron chi connectivity index (χ4n) is 1.88. The summed E-state index contributed by atoms with van der Waals surface area (Å²) >= 11 is 0. The molecule has 0 spiro atoms. The highest BCUT2D eigenvalue weighted by atomic mass is 16.6. The predicted octanol–water partition coefficient (Wildman–Crippen LogP) is 4.04. The zero-order valence-electron chi connectivity index (χ0n) is 12.2. The SMILES string of the molecule is CCCCCC(=O)OC(C)(C)CCCCCC=O. The zero-order chi connectivity index (χ0) is 13.9. The molecule has 0 N–H and O–H groups in total. The predicted molar refractivity (Wildman–Crippen MR) is 73.5 cm³/mol. The summed E-state index contributed by atoms with van der Waals surface area (Å²) in [6.07, 6.45) is 9.08. The van der Waals surface area contributed by atoms with Gasteiger partial charge in [0.25, 0.3) is 0 Å². The molecule has 18 heavy (non-hydrogen) atoms. The molecular weight excluding hydrogens is 228 g/mol. The average Bonchev–Trinajstić information content (AvgIpc) is 2.28. The smallest absolute Gasteiger partial charge is 0.306 e. The third-order valence-corrected chi connectivity index (χ3v) is 2.98. The number of rotatable bonds is 11. The van der Waals surface area contributed by atoms with Crippen LogP contribution in [0.1, 0.15) is 78.6 Å². The van der Waals surface area contributed by atoms with Crippen molar-refractivity contribution in [2.24, 2.45) is 0 Å². The number of hydrogen-bond donors (Lipinski definition) is 0. The lowest BCUT2D eigenvalue weighted by atomic mass is 10.00. The van der Waals surface area contributed by atoms with E-state index < -0.39 is 0 Å². The van der Waals surface area contributed by atoms with Crippen LogP contribution < -0.4 is 0 Å². The van der Waals surface area contributed by atoms with Gasteiger partial charge in [-0.2, -0.15) is 0 Å². The molecule has 0 fully saturated rings. The second-order valence-electron chi connectivity index (χ2n) is 5.46. The monoisotopic (exact) mass is 256 g/mol. The van der Waals surface area contributed by atoms with E-state index in [1.165, 1.54) is 0 Å². The number of hydrogen-bond acceptors (Lipinski definition) is 3. The molecule has 0 aliphatic heterocycles. The Labute approximate surface area is 111 Å². The van der Waals surface area contributed by atoms with Crippen LogP contribution in [0.2, 0.25) is 0 Å². The van der Waals surface area contributed by atoms with Gasteiger partial charge >= 0.3 is 5.97 Å². The van der Waals surface area contributed by atoms with E-state index in [2.05, 4.69) is 6.92 Å². The average molecular weight is 256 g/mol. The van der Waals surface area contributed by atoms with Gasteiger partial charge in [-0.3, -0.25) is 4.79 Å². The molecule has 0 atom stereocenters. The molecule has 0 bridgehead atoms. The summed E-state index contributed by atoms with van der Waals surface area (Å²) in [5.41, 5.74) is -0.371. The van der Waals surface area contributed by atoms with Gasteiger partial charge in [-0.15, -0.1) is 0 Å².